The predicted molar refractivity (Wildman–Crippen MR) is 89.3 cm³/mol. The minimum absolute atomic E-state index is 0.216. The maximum atomic E-state index is 12.4. The summed E-state index contributed by atoms with van der Waals surface area (Å²) >= 11 is 0. The van der Waals surface area contributed by atoms with Crippen LogP contribution in [0.1, 0.15) is 5.56 Å². The van der Waals surface area contributed by atoms with E-state index < -0.39 is 0 Å². The van der Waals surface area contributed by atoms with Gasteiger partial charge in [0.25, 0.3) is 0 Å². The van der Waals surface area contributed by atoms with Gasteiger partial charge in [0.15, 0.2) is 5.65 Å². The van der Waals surface area contributed by atoms with E-state index in [0.29, 0.717) is 11.5 Å². The first-order chi connectivity index (χ1) is 11.2. The minimum Gasteiger partial charge on any atom is -0.354 e. The van der Waals surface area contributed by atoms with Crippen LogP contribution in [0.15, 0.2) is 35.3 Å². The number of rotatable bonds is 2. The maximum absolute atomic E-state index is 12.4. The van der Waals surface area contributed by atoms with E-state index in [4.69, 9.17) is 4.98 Å². The molecule has 0 aromatic carbocycles. The molecule has 1 saturated heterocycles. The van der Waals surface area contributed by atoms with Gasteiger partial charge < -0.3 is 10.2 Å². The fourth-order valence-corrected chi connectivity index (χ4v) is 3.01. The fourth-order valence-electron chi connectivity index (χ4n) is 3.01. The number of aryl methyl sites for hydroxylation is 1. The number of hydrogen-bond acceptors (Lipinski definition) is 5. The highest BCUT2D eigenvalue weighted by Crippen LogP contribution is 2.19. The number of hydrogen-bond donors (Lipinski definition) is 2. The first-order valence-electron chi connectivity index (χ1n) is 7.73. The molecular formula is C16H18N6O. The topological polar surface area (TPSA) is 78.8 Å². The third-order valence-corrected chi connectivity index (χ3v) is 4.17. The van der Waals surface area contributed by atoms with Crippen LogP contribution in [0.25, 0.3) is 17.0 Å². The van der Waals surface area contributed by atoms with Crippen LogP contribution in [0.4, 0.5) is 5.82 Å². The zero-order chi connectivity index (χ0) is 15.8. The first-order valence-corrected chi connectivity index (χ1v) is 7.73. The van der Waals surface area contributed by atoms with E-state index in [-0.39, 0.29) is 5.69 Å². The van der Waals surface area contributed by atoms with Crippen molar-refractivity contribution in [3.63, 3.8) is 0 Å². The maximum Gasteiger partial charge on any atom is 0.333 e. The third-order valence-electron chi connectivity index (χ3n) is 4.17. The Morgan fingerprint density at radius 3 is 2.74 bits per heavy atom. The van der Waals surface area contributed by atoms with E-state index in [1.165, 1.54) is 0 Å². The van der Waals surface area contributed by atoms with Crippen LogP contribution < -0.4 is 15.9 Å². The molecule has 0 atom stereocenters. The molecule has 4 heterocycles. The van der Waals surface area contributed by atoms with Crippen LogP contribution in [0.2, 0.25) is 0 Å². The number of piperazine rings is 1. The summed E-state index contributed by atoms with van der Waals surface area (Å²) in [6.45, 7) is 5.69. The van der Waals surface area contributed by atoms with Crippen molar-refractivity contribution >= 4 is 17.0 Å². The van der Waals surface area contributed by atoms with E-state index >= 15 is 0 Å². The second-order valence-corrected chi connectivity index (χ2v) is 5.68. The second kappa shape index (κ2) is 5.51. The molecule has 118 valence electrons. The average molecular weight is 310 g/mol. The van der Waals surface area contributed by atoms with Crippen molar-refractivity contribution in [1.82, 2.24) is 24.8 Å². The molecule has 4 rings (SSSR count). The van der Waals surface area contributed by atoms with Gasteiger partial charge in [0.1, 0.15) is 11.6 Å². The average Bonchev–Trinajstić information content (AvgIpc) is 2.93. The molecule has 1 aliphatic heterocycles. The molecule has 2 N–H and O–H groups in total. The molecule has 7 nitrogen and oxygen atoms in total. The molecule has 3 aromatic rings. The van der Waals surface area contributed by atoms with Crippen molar-refractivity contribution in [2.24, 2.45) is 0 Å². The number of nitrogens with zero attached hydrogens (tertiary/aromatic N) is 4. The van der Waals surface area contributed by atoms with Crippen LogP contribution in [0.5, 0.6) is 0 Å². The molecule has 0 aliphatic carbocycles. The molecular weight excluding hydrogens is 292 g/mol. The van der Waals surface area contributed by atoms with Gasteiger partial charge in [0, 0.05) is 32.4 Å². The zero-order valence-corrected chi connectivity index (χ0v) is 12.9. The van der Waals surface area contributed by atoms with E-state index in [2.05, 4.69) is 20.2 Å². The molecule has 1 aliphatic rings. The summed E-state index contributed by atoms with van der Waals surface area (Å²) in [5.74, 6) is 1.51. The SMILES string of the molecule is Cc1ccnc2[nH]c(=O)n(-c3cccc(N4CCNCC4)n3)c12. The molecule has 0 bridgehead atoms. The number of H-pyrrole nitrogens is 1. The van der Waals surface area contributed by atoms with Crippen LogP contribution in [0.3, 0.4) is 0 Å². The highest BCUT2D eigenvalue weighted by atomic mass is 16.1. The normalized spacial score (nSPS) is 15.3. The number of aromatic nitrogens is 4. The van der Waals surface area contributed by atoms with Gasteiger partial charge in [-0.05, 0) is 30.7 Å². The Hall–Kier alpha value is -2.67. The van der Waals surface area contributed by atoms with Crippen LogP contribution >= 0.6 is 0 Å². The van der Waals surface area contributed by atoms with E-state index in [9.17, 15) is 4.79 Å². The van der Waals surface area contributed by atoms with Crippen molar-refractivity contribution in [1.29, 1.82) is 0 Å². The van der Waals surface area contributed by atoms with Crippen LogP contribution in [-0.2, 0) is 0 Å². The molecule has 7 heteroatoms. The molecule has 3 aromatic heterocycles. The van der Waals surface area contributed by atoms with Gasteiger partial charge in [0.2, 0.25) is 0 Å². The fraction of sp³-hybridized carbons (Fsp3) is 0.312. The Morgan fingerprint density at radius 2 is 1.91 bits per heavy atom. The number of nitrogens with one attached hydrogen (secondary N) is 2. The molecule has 0 radical (unpaired) electrons. The Labute approximate surface area is 133 Å². The van der Waals surface area contributed by atoms with Crippen molar-refractivity contribution in [3.8, 4) is 5.82 Å². The van der Waals surface area contributed by atoms with Crippen molar-refractivity contribution in [2.45, 2.75) is 6.92 Å². The highest BCUT2D eigenvalue weighted by Gasteiger charge is 2.16. The monoisotopic (exact) mass is 310 g/mol. The number of fused-ring (bicyclic) bond motifs is 1. The quantitative estimate of drug-likeness (QED) is 0.733. The molecule has 1 fully saturated rings. The van der Waals surface area contributed by atoms with E-state index in [1.807, 2.05) is 31.2 Å². The lowest BCUT2D eigenvalue weighted by Crippen LogP contribution is -2.44. The highest BCUT2D eigenvalue weighted by molar-refractivity contribution is 5.76. The lowest BCUT2D eigenvalue weighted by molar-refractivity contribution is 0.584. The van der Waals surface area contributed by atoms with Crippen LogP contribution in [0, 0.1) is 6.92 Å². The largest absolute Gasteiger partial charge is 0.354 e. The summed E-state index contributed by atoms with van der Waals surface area (Å²) in [6.07, 6.45) is 1.70. The van der Waals surface area contributed by atoms with Gasteiger partial charge in [-0.15, -0.1) is 0 Å². The van der Waals surface area contributed by atoms with Crippen molar-refractivity contribution < 1.29 is 0 Å². The molecule has 0 saturated carbocycles. The first kappa shape index (κ1) is 14.0. The van der Waals surface area contributed by atoms with E-state index in [0.717, 1.165) is 43.1 Å². The Kier molecular flexibility index (Phi) is 3.34. The standard InChI is InChI=1S/C16H18N6O/c1-11-5-6-18-15-14(11)22(16(23)20-15)13-4-2-3-12(19-13)21-9-7-17-8-10-21/h2-6,17H,7-10H2,1H3,(H,18,20,23). The van der Waals surface area contributed by atoms with Gasteiger partial charge in [-0.2, -0.15) is 0 Å². The Morgan fingerprint density at radius 1 is 1.13 bits per heavy atom. The number of anilines is 1. The molecule has 0 spiro atoms. The summed E-state index contributed by atoms with van der Waals surface area (Å²) in [4.78, 5) is 26.4. The van der Waals surface area contributed by atoms with Crippen LogP contribution in [-0.4, -0.2) is 45.7 Å². The smallest absolute Gasteiger partial charge is 0.333 e. The summed E-state index contributed by atoms with van der Waals surface area (Å²) in [5, 5.41) is 3.33. The summed E-state index contributed by atoms with van der Waals surface area (Å²) in [5.41, 5.74) is 2.14. The van der Waals surface area contributed by atoms with Gasteiger partial charge in [-0.3, -0.25) is 4.98 Å². The summed E-state index contributed by atoms with van der Waals surface area (Å²) in [6, 6.07) is 7.68. The number of aromatic amines is 1. The van der Waals surface area contributed by atoms with Gasteiger partial charge in [-0.1, -0.05) is 6.07 Å². The lowest BCUT2D eigenvalue weighted by atomic mass is 10.2. The Balaban J connectivity index is 1.85. The summed E-state index contributed by atoms with van der Waals surface area (Å²) < 4.78 is 1.60. The number of pyridine rings is 2. The van der Waals surface area contributed by atoms with Crippen molar-refractivity contribution in [3.05, 3.63) is 46.5 Å². The van der Waals surface area contributed by atoms with Gasteiger partial charge in [0.05, 0.1) is 5.52 Å². The summed E-state index contributed by atoms with van der Waals surface area (Å²) in [7, 11) is 0. The lowest BCUT2D eigenvalue weighted by Gasteiger charge is -2.28. The van der Waals surface area contributed by atoms with E-state index in [1.54, 1.807) is 10.8 Å². The second-order valence-electron chi connectivity index (χ2n) is 5.68. The third kappa shape index (κ3) is 2.39. The molecule has 0 amide bonds. The Bertz CT molecular complexity index is 906. The molecule has 23 heavy (non-hydrogen) atoms. The zero-order valence-electron chi connectivity index (χ0n) is 12.9. The van der Waals surface area contributed by atoms with Gasteiger partial charge >= 0.3 is 5.69 Å². The van der Waals surface area contributed by atoms with Crippen molar-refractivity contribution in [2.75, 3.05) is 31.1 Å². The van der Waals surface area contributed by atoms with Gasteiger partial charge in [-0.25, -0.2) is 19.3 Å². The molecule has 0 unspecified atom stereocenters. The minimum atomic E-state index is -0.216. The predicted octanol–water partition coefficient (Wildman–Crippen LogP) is 0.827. The number of imidazole rings is 1.